The van der Waals surface area contributed by atoms with E-state index in [9.17, 15) is 0 Å². The Bertz CT molecular complexity index is 348. The number of rotatable bonds is 4. The fourth-order valence-corrected chi connectivity index (χ4v) is 1.64. The summed E-state index contributed by atoms with van der Waals surface area (Å²) < 4.78 is 0. The molecule has 1 atom stereocenters. The summed E-state index contributed by atoms with van der Waals surface area (Å²) in [6, 6.07) is 5.30. The van der Waals surface area contributed by atoms with Gasteiger partial charge in [0.1, 0.15) is 0 Å². The quantitative estimate of drug-likeness (QED) is 0.818. The van der Waals surface area contributed by atoms with Gasteiger partial charge in [-0.25, -0.2) is 0 Å². The summed E-state index contributed by atoms with van der Waals surface area (Å²) in [4.78, 5) is 0.496. The summed E-state index contributed by atoms with van der Waals surface area (Å²) in [5, 5.41) is 4.38. The van der Waals surface area contributed by atoms with Crippen LogP contribution < -0.4 is 11.1 Å². The Hall–Kier alpha value is -0.510. The third kappa shape index (κ3) is 4.24. The molecule has 0 amide bonds. The van der Waals surface area contributed by atoms with E-state index in [1.807, 2.05) is 6.92 Å². The van der Waals surface area contributed by atoms with Gasteiger partial charge in [-0.2, -0.15) is 0 Å². The second-order valence-corrected chi connectivity index (χ2v) is 4.69. The molecule has 0 aliphatic rings. The predicted octanol–water partition coefficient (Wildman–Crippen LogP) is 3.33. The molecule has 0 radical (unpaired) electrons. The van der Waals surface area contributed by atoms with Crippen LogP contribution in [-0.2, 0) is 0 Å². The van der Waals surface area contributed by atoms with Gasteiger partial charge in [0.25, 0.3) is 0 Å². The molecule has 1 aromatic rings. The topological polar surface area (TPSA) is 38.0 Å². The lowest BCUT2D eigenvalue weighted by atomic mass is 10.2. The molecule has 0 aromatic heterocycles. The van der Waals surface area contributed by atoms with Gasteiger partial charge in [-0.1, -0.05) is 42.3 Å². The van der Waals surface area contributed by atoms with E-state index in [2.05, 4.69) is 5.32 Å². The predicted molar refractivity (Wildman–Crippen MR) is 70.9 cm³/mol. The van der Waals surface area contributed by atoms with Gasteiger partial charge in [-0.3, -0.25) is 0 Å². The summed E-state index contributed by atoms with van der Waals surface area (Å²) in [5.41, 5.74) is 6.37. The minimum atomic E-state index is 0.137. The van der Waals surface area contributed by atoms with Crippen LogP contribution >= 0.6 is 35.4 Å². The van der Waals surface area contributed by atoms with E-state index in [4.69, 9.17) is 41.2 Å². The first-order valence-corrected chi connectivity index (χ1v) is 5.64. The third-order valence-electron chi connectivity index (χ3n) is 1.96. The monoisotopic (exact) mass is 262 g/mol. The van der Waals surface area contributed by atoms with Crippen LogP contribution in [0.25, 0.3) is 0 Å². The maximum Gasteiger partial charge on any atom is 0.0773 e. The zero-order valence-electron chi connectivity index (χ0n) is 8.26. The normalized spacial score (nSPS) is 12.2. The lowest BCUT2D eigenvalue weighted by Gasteiger charge is -2.12. The summed E-state index contributed by atoms with van der Waals surface area (Å²) in [6.07, 6.45) is 0. The van der Waals surface area contributed by atoms with E-state index in [0.717, 1.165) is 5.69 Å². The highest BCUT2D eigenvalue weighted by Crippen LogP contribution is 2.22. The number of anilines is 1. The highest BCUT2D eigenvalue weighted by atomic mass is 35.5. The molecule has 0 fully saturated rings. The van der Waals surface area contributed by atoms with Crippen LogP contribution in [0, 0.1) is 5.92 Å². The van der Waals surface area contributed by atoms with Gasteiger partial charge in [0.2, 0.25) is 0 Å². The molecule has 0 saturated heterocycles. The lowest BCUT2D eigenvalue weighted by Crippen LogP contribution is -2.25. The minimum absolute atomic E-state index is 0.137. The van der Waals surface area contributed by atoms with Gasteiger partial charge in [0, 0.05) is 28.2 Å². The molecule has 5 heteroatoms. The van der Waals surface area contributed by atoms with Gasteiger partial charge < -0.3 is 11.1 Å². The molecule has 0 spiro atoms. The van der Waals surface area contributed by atoms with Crippen molar-refractivity contribution in [2.45, 2.75) is 6.92 Å². The number of hydrogen-bond acceptors (Lipinski definition) is 2. The summed E-state index contributed by atoms with van der Waals surface area (Å²) in [7, 11) is 0. The van der Waals surface area contributed by atoms with Crippen molar-refractivity contribution >= 4 is 46.1 Å². The number of hydrogen-bond donors (Lipinski definition) is 2. The largest absolute Gasteiger partial charge is 0.393 e. The Kier molecular flexibility index (Phi) is 4.64. The number of halogens is 2. The molecule has 1 unspecified atom stereocenters. The second-order valence-electron chi connectivity index (χ2n) is 3.34. The molecule has 0 saturated carbocycles. The standard InChI is InChI=1S/C10H12Cl2N2S/c1-6(10(13)15)5-14-9-3-7(11)2-8(12)4-9/h2-4,6,14H,5H2,1H3,(H2,13,15). The molecule has 3 N–H and O–H groups in total. The van der Waals surface area contributed by atoms with Crippen LogP contribution in [-0.4, -0.2) is 11.5 Å². The first-order valence-electron chi connectivity index (χ1n) is 4.48. The van der Waals surface area contributed by atoms with Crippen molar-refractivity contribution in [2.75, 3.05) is 11.9 Å². The maximum absolute atomic E-state index is 5.85. The van der Waals surface area contributed by atoms with E-state index < -0.39 is 0 Å². The highest BCUT2D eigenvalue weighted by Gasteiger charge is 2.05. The second kappa shape index (κ2) is 5.54. The average Bonchev–Trinajstić information content (AvgIpc) is 2.12. The molecule has 0 aliphatic heterocycles. The SMILES string of the molecule is CC(CNc1cc(Cl)cc(Cl)c1)C(N)=S. The number of nitrogens with two attached hydrogens (primary N) is 1. The summed E-state index contributed by atoms with van der Waals surface area (Å²) in [5.74, 6) is 0.137. The Morgan fingerprint density at radius 2 is 1.93 bits per heavy atom. The van der Waals surface area contributed by atoms with Crippen LogP contribution in [0.4, 0.5) is 5.69 Å². The molecular formula is C10H12Cl2N2S. The van der Waals surface area contributed by atoms with Crippen LogP contribution in [0.1, 0.15) is 6.92 Å². The van der Waals surface area contributed by atoms with Crippen molar-refractivity contribution in [2.24, 2.45) is 11.7 Å². The molecule has 1 rings (SSSR count). The van der Waals surface area contributed by atoms with Crippen LogP contribution in [0.3, 0.4) is 0 Å². The molecule has 0 aliphatic carbocycles. The number of nitrogens with one attached hydrogen (secondary N) is 1. The zero-order chi connectivity index (χ0) is 11.4. The molecule has 0 heterocycles. The minimum Gasteiger partial charge on any atom is -0.393 e. The van der Waals surface area contributed by atoms with Crippen molar-refractivity contribution in [3.05, 3.63) is 28.2 Å². The number of benzene rings is 1. The van der Waals surface area contributed by atoms with Crippen molar-refractivity contribution < 1.29 is 0 Å². The lowest BCUT2D eigenvalue weighted by molar-refractivity contribution is 0.821. The fraction of sp³-hybridized carbons (Fsp3) is 0.300. The van der Waals surface area contributed by atoms with Crippen molar-refractivity contribution in [3.8, 4) is 0 Å². The van der Waals surface area contributed by atoms with Gasteiger partial charge in [0.05, 0.1) is 4.99 Å². The third-order valence-corrected chi connectivity index (χ3v) is 2.80. The first kappa shape index (κ1) is 12.6. The summed E-state index contributed by atoms with van der Waals surface area (Å²) in [6.45, 7) is 2.63. The van der Waals surface area contributed by atoms with Gasteiger partial charge in [0.15, 0.2) is 0 Å². The van der Waals surface area contributed by atoms with E-state index in [1.54, 1.807) is 18.2 Å². The van der Waals surface area contributed by atoms with Crippen molar-refractivity contribution in [1.29, 1.82) is 0 Å². The van der Waals surface area contributed by atoms with E-state index >= 15 is 0 Å². The maximum atomic E-state index is 5.85. The smallest absolute Gasteiger partial charge is 0.0773 e. The molecule has 15 heavy (non-hydrogen) atoms. The van der Waals surface area contributed by atoms with E-state index in [-0.39, 0.29) is 5.92 Å². The van der Waals surface area contributed by atoms with Gasteiger partial charge >= 0.3 is 0 Å². The Morgan fingerprint density at radius 1 is 1.40 bits per heavy atom. The molecule has 82 valence electrons. The van der Waals surface area contributed by atoms with Crippen molar-refractivity contribution in [1.82, 2.24) is 0 Å². The summed E-state index contributed by atoms with van der Waals surface area (Å²) >= 11 is 16.6. The van der Waals surface area contributed by atoms with Crippen LogP contribution in [0.2, 0.25) is 10.0 Å². The Morgan fingerprint density at radius 3 is 2.40 bits per heavy atom. The van der Waals surface area contributed by atoms with Gasteiger partial charge in [-0.15, -0.1) is 0 Å². The highest BCUT2D eigenvalue weighted by molar-refractivity contribution is 7.80. The van der Waals surface area contributed by atoms with E-state index in [0.29, 0.717) is 21.6 Å². The fourth-order valence-electron chi connectivity index (χ4n) is 1.03. The Balaban J connectivity index is 2.61. The van der Waals surface area contributed by atoms with E-state index in [1.165, 1.54) is 0 Å². The Labute approximate surface area is 105 Å². The molecule has 1 aromatic carbocycles. The first-order chi connectivity index (χ1) is 6.99. The molecule has 2 nitrogen and oxygen atoms in total. The molecule has 0 bridgehead atoms. The molecular weight excluding hydrogens is 251 g/mol. The zero-order valence-corrected chi connectivity index (χ0v) is 10.6. The average molecular weight is 263 g/mol. The van der Waals surface area contributed by atoms with Gasteiger partial charge in [-0.05, 0) is 18.2 Å². The van der Waals surface area contributed by atoms with Crippen LogP contribution in [0.15, 0.2) is 18.2 Å². The number of thiocarbonyl (C=S) groups is 1. The van der Waals surface area contributed by atoms with Crippen molar-refractivity contribution in [3.63, 3.8) is 0 Å². The van der Waals surface area contributed by atoms with Crippen LogP contribution in [0.5, 0.6) is 0 Å².